The van der Waals surface area contributed by atoms with Crippen LogP contribution < -0.4 is 0 Å². The molecule has 0 spiro atoms. The third kappa shape index (κ3) is 18.8. The van der Waals surface area contributed by atoms with Crippen LogP contribution in [0, 0.1) is 17.8 Å². The van der Waals surface area contributed by atoms with Crippen LogP contribution in [0.15, 0.2) is 72.8 Å². The van der Waals surface area contributed by atoms with E-state index in [4.69, 9.17) is 19.7 Å². The fraction of sp³-hybridized carbons (Fsp3) is 0.564. The molecular weight excluding hydrogens is 548 g/mol. The van der Waals surface area contributed by atoms with Gasteiger partial charge in [0.05, 0.1) is 19.8 Å². The molecular formula is C39H60O5. The number of aryl methyl sites for hydroxylation is 1. The second-order valence-corrected chi connectivity index (χ2v) is 12.6. The minimum atomic E-state index is -0.327. The Morgan fingerprint density at radius 2 is 1.34 bits per heavy atom. The first-order chi connectivity index (χ1) is 21.2. The van der Waals surface area contributed by atoms with Crippen LogP contribution in [-0.2, 0) is 27.1 Å². The predicted octanol–water partition coefficient (Wildman–Crippen LogP) is 9.11. The van der Waals surface area contributed by atoms with E-state index in [9.17, 15) is 4.79 Å². The van der Waals surface area contributed by atoms with Crippen molar-refractivity contribution in [2.75, 3.05) is 26.6 Å². The summed E-state index contributed by atoms with van der Waals surface area (Å²) in [4.78, 5) is 10.5. The molecule has 1 aliphatic rings. The lowest BCUT2D eigenvalue weighted by molar-refractivity contribution is -0.131. The molecule has 5 nitrogen and oxygen atoms in total. The maximum Gasteiger partial charge on any atom is 0.293 e. The maximum absolute atomic E-state index is 10.5. The first-order valence-electron chi connectivity index (χ1n) is 16.5. The second-order valence-electron chi connectivity index (χ2n) is 12.6. The van der Waals surface area contributed by atoms with Gasteiger partial charge in [0.1, 0.15) is 6.79 Å². The zero-order valence-electron chi connectivity index (χ0n) is 28.1. The highest BCUT2D eigenvalue weighted by molar-refractivity contribution is 5.64. The molecule has 0 radical (unpaired) electrons. The van der Waals surface area contributed by atoms with Gasteiger partial charge in [0, 0.05) is 5.92 Å². The first kappa shape index (κ1) is 39.3. The maximum atomic E-state index is 10.5. The largest absolute Gasteiger partial charge is 0.467 e. The number of hydrogen-bond donors (Lipinski definition) is 2. The summed E-state index contributed by atoms with van der Waals surface area (Å²) < 4.78 is 10.0. The summed E-state index contributed by atoms with van der Waals surface area (Å²) in [5.74, 6) is 1.93. The summed E-state index contributed by atoms with van der Waals surface area (Å²) in [5, 5.41) is 16.9. The molecule has 0 saturated heterocycles. The van der Waals surface area contributed by atoms with Crippen LogP contribution in [0.25, 0.3) is 11.1 Å². The van der Waals surface area contributed by atoms with Crippen molar-refractivity contribution in [3.63, 3.8) is 0 Å². The molecule has 246 valence electrons. The van der Waals surface area contributed by atoms with Crippen molar-refractivity contribution in [3.05, 3.63) is 84.0 Å². The number of allylic oxidation sites excluding steroid dienone is 1. The summed E-state index contributed by atoms with van der Waals surface area (Å²) in [5.41, 5.74) is 7.01. The average molecular weight is 609 g/mol. The molecule has 2 aromatic rings. The number of aliphatic hydroxyl groups excluding tert-OH is 2. The van der Waals surface area contributed by atoms with Gasteiger partial charge < -0.3 is 19.7 Å². The molecule has 44 heavy (non-hydrogen) atoms. The molecule has 0 aliphatic heterocycles. The number of unbranched alkanes of at least 4 members (excludes halogenated alkanes) is 2. The van der Waals surface area contributed by atoms with E-state index in [1.54, 1.807) is 6.92 Å². The van der Waals surface area contributed by atoms with Gasteiger partial charge in [0.15, 0.2) is 0 Å². The highest BCUT2D eigenvalue weighted by Crippen LogP contribution is 2.34. The average Bonchev–Trinajstić information content (AvgIpc) is 3.02. The number of carbonyl (C=O) groups excluding carboxylic acids is 1. The van der Waals surface area contributed by atoms with Crippen LogP contribution in [0.4, 0.5) is 0 Å². The van der Waals surface area contributed by atoms with Gasteiger partial charge in [-0.05, 0) is 74.1 Å². The highest BCUT2D eigenvalue weighted by Gasteiger charge is 2.20. The topological polar surface area (TPSA) is 76.0 Å². The number of carbonyl (C=O) groups is 1. The molecule has 1 fully saturated rings. The molecule has 5 heteroatoms. The molecule has 1 atom stereocenters. The lowest BCUT2D eigenvalue weighted by atomic mass is 9.78. The van der Waals surface area contributed by atoms with Gasteiger partial charge >= 0.3 is 0 Å². The van der Waals surface area contributed by atoms with E-state index in [0.29, 0.717) is 13.1 Å². The van der Waals surface area contributed by atoms with Crippen molar-refractivity contribution in [2.45, 2.75) is 98.3 Å². The van der Waals surface area contributed by atoms with Crippen LogP contribution in [0.2, 0.25) is 0 Å². The van der Waals surface area contributed by atoms with E-state index in [0.717, 1.165) is 29.4 Å². The number of ether oxygens (including phenoxy) is 2. The van der Waals surface area contributed by atoms with Crippen molar-refractivity contribution in [1.82, 2.24) is 0 Å². The lowest BCUT2D eigenvalue weighted by Crippen LogP contribution is -2.19. The Morgan fingerprint density at radius 3 is 1.80 bits per heavy atom. The van der Waals surface area contributed by atoms with Gasteiger partial charge in [0.25, 0.3) is 6.47 Å². The number of benzene rings is 2. The van der Waals surface area contributed by atoms with E-state index in [2.05, 4.69) is 68.6 Å². The van der Waals surface area contributed by atoms with Crippen molar-refractivity contribution in [3.8, 4) is 11.1 Å². The Labute approximate surface area is 268 Å². The fourth-order valence-corrected chi connectivity index (χ4v) is 5.45. The Balaban J connectivity index is 0.000000944. The molecule has 1 unspecified atom stereocenters. The second kappa shape index (κ2) is 24.6. The van der Waals surface area contributed by atoms with Crippen LogP contribution in [0.5, 0.6) is 0 Å². The van der Waals surface area contributed by atoms with Gasteiger partial charge in [0.2, 0.25) is 0 Å². The standard InChI is InChI=1S/C31H44O4.C4H8O.C4H8/c1-2-3-4-5-25-6-8-26(9-7-25)10-11-27-12-16-30(17-13-27)31-18-14-28(15-19-31)20-29(21-34-23-32)22-35-24-33;1-4(2)3-5;1-4(2)3/h12-19,23,25-26,29,33H,2-11,20-22,24H2,1H3;5H,1,3H2,2H3;1H2,2-3H3. The monoisotopic (exact) mass is 608 g/mol. The van der Waals surface area contributed by atoms with Crippen molar-refractivity contribution >= 4 is 6.47 Å². The van der Waals surface area contributed by atoms with E-state index in [-0.39, 0.29) is 25.9 Å². The van der Waals surface area contributed by atoms with Gasteiger partial charge in [-0.15, -0.1) is 6.58 Å². The minimum Gasteiger partial charge on any atom is -0.467 e. The smallest absolute Gasteiger partial charge is 0.293 e. The number of rotatable bonds is 17. The molecule has 3 rings (SSSR count). The quantitative estimate of drug-likeness (QED) is 0.0811. The van der Waals surface area contributed by atoms with Gasteiger partial charge in [-0.3, -0.25) is 4.79 Å². The summed E-state index contributed by atoms with van der Waals surface area (Å²) in [6.07, 6.45) is 14.6. The molecule has 0 bridgehead atoms. The van der Waals surface area contributed by atoms with Crippen LogP contribution in [0.3, 0.4) is 0 Å². The Bertz CT molecular complexity index is 1020. The van der Waals surface area contributed by atoms with Crippen molar-refractivity contribution in [2.24, 2.45) is 17.8 Å². The first-order valence-corrected chi connectivity index (χ1v) is 16.5. The van der Waals surface area contributed by atoms with E-state index in [1.807, 2.05) is 13.8 Å². The van der Waals surface area contributed by atoms with Crippen LogP contribution in [0.1, 0.15) is 96.6 Å². The molecule has 2 N–H and O–H groups in total. The molecule has 0 heterocycles. The zero-order valence-corrected chi connectivity index (χ0v) is 28.1. The Hall–Kier alpha value is -2.73. The molecule has 2 aromatic carbocycles. The van der Waals surface area contributed by atoms with E-state index < -0.39 is 0 Å². The van der Waals surface area contributed by atoms with E-state index in [1.165, 1.54) is 86.5 Å². The molecule has 0 aromatic heterocycles. The van der Waals surface area contributed by atoms with Crippen LogP contribution in [-0.4, -0.2) is 43.3 Å². The summed E-state index contributed by atoms with van der Waals surface area (Å²) in [7, 11) is 0. The summed E-state index contributed by atoms with van der Waals surface area (Å²) in [6.45, 7) is 15.9. The van der Waals surface area contributed by atoms with Crippen molar-refractivity contribution < 1.29 is 24.5 Å². The van der Waals surface area contributed by atoms with Gasteiger partial charge in [-0.1, -0.05) is 125 Å². The van der Waals surface area contributed by atoms with Crippen molar-refractivity contribution in [1.29, 1.82) is 0 Å². The SMILES string of the molecule is C=C(C)C.C=C(C)CO.CCCCCC1CCC(CCc2ccc(-c3ccc(CC(COC=O)COCO)cc3)cc2)CC1. The molecule has 1 aliphatic carbocycles. The van der Waals surface area contributed by atoms with Gasteiger partial charge in [-0.2, -0.15) is 0 Å². The fourth-order valence-electron chi connectivity index (χ4n) is 5.45. The third-order valence-corrected chi connectivity index (χ3v) is 7.90. The summed E-state index contributed by atoms with van der Waals surface area (Å²) >= 11 is 0. The highest BCUT2D eigenvalue weighted by atomic mass is 16.6. The summed E-state index contributed by atoms with van der Waals surface area (Å²) in [6, 6.07) is 17.6. The zero-order chi connectivity index (χ0) is 32.6. The molecule has 1 saturated carbocycles. The van der Waals surface area contributed by atoms with E-state index >= 15 is 0 Å². The van der Waals surface area contributed by atoms with Gasteiger partial charge in [-0.25, -0.2) is 0 Å². The normalized spacial score (nSPS) is 16.4. The van der Waals surface area contributed by atoms with Crippen LogP contribution >= 0.6 is 0 Å². The number of aliphatic hydroxyl groups is 2. The predicted molar refractivity (Wildman–Crippen MR) is 184 cm³/mol. The number of hydrogen-bond acceptors (Lipinski definition) is 5. The lowest BCUT2D eigenvalue weighted by Gasteiger charge is -2.28. The molecule has 0 amide bonds. The Morgan fingerprint density at radius 1 is 0.841 bits per heavy atom. The minimum absolute atomic E-state index is 0.0218. The Kier molecular flexibility index (Phi) is 21.9. The third-order valence-electron chi connectivity index (χ3n) is 7.90.